The van der Waals surface area contributed by atoms with Crippen molar-refractivity contribution >= 4 is 33.5 Å². The molecule has 166 valence electrons. The topological polar surface area (TPSA) is 88.1 Å². The van der Waals surface area contributed by atoms with E-state index in [0.29, 0.717) is 34.0 Å². The zero-order valence-electron chi connectivity index (χ0n) is 18.0. The van der Waals surface area contributed by atoms with Crippen molar-refractivity contribution in [3.63, 3.8) is 0 Å². The van der Waals surface area contributed by atoms with Crippen molar-refractivity contribution in [2.24, 2.45) is 0 Å². The molecule has 6 nitrogen and oxygen atoms in total. The van der Waals surface area contributed by atoms with Gasteiger partial charge in [0.2, 0.25) is 0 Å². The molecule has 0 spiro atoms. The number of hydrogen-bond acceptors (Lipinski definition) is 4. The second-order valence-corrected chi connectivity index (χ2v) is 8.80. The van der Waals surface area contributed by atoms with E-state index in [2.05, 4.69) is 27.0 Å². The van der Waals surface area contributed by atoms with Crippen LogP contribution < -0.4 is 0 Å². The fourth-order valence-corrected chi connectivity index (χ4v) is 4.80. The lowest BCUT2D eigenvalue weighted by molar-refractivity contribution is 0.0688. The molecule has 1 aromatic heterocycles. The van der Waals surface area contributed by atoms with E-state index < -0.39 is 5.97 Å². The summed E-state index contributed by atoms with van der Waals surface area (Å²) < 4.78 is 7.63. The Labute approximate surface area is 200 Å². The molecule has 1 N–H and O–H groups in total. The molecule has 3 rings (SSSR count). The molecular formula is C24H23BrClN3O3. The molecule has 0 radical (unpaired) electrons. The van der Waals surface area contributed by atoms with Gasteiger partial charge in [-0.15, -0.1) is 0 Å². The molecule has 8 heteroatoms. The lowest BCUT2D eigenvalue weighted by atomic mass is 9.86. The van der Waals surface area contributed by atoms with Gasteiger partial charge in [0.15, 0.2) is 10.4 Å². The molecule has 0 saturated carbocycles. The number of nitriles is 1. The third-order valence-corrected chi connectivity index (χ3v) is 6.26. The number of ether oxygens (including phenoxy) is 1. The van der Waals surface area contributed by atoms with Gasteiger partial charge in [0.25, 0.3) is 0 Å². The highest BCUT2D eigenvalue weighted by Crippen LogP contribution is 2.36. The molecule has 0 aliphatic carbocycles. The van der Waals surface area contributed by atoms with Gasteiger partial charge >= 0.3 is 5.97 Å². The summed E-state index contributed by atoms with van der Waals surface area (Å²) in [5, 5.41) is 19.8. The fraction of sp³-hybridized carbons (Fsp3) is 0.292. The number of carbonyl (C=O) groups is 1. The Morgan fingerprint density at radius 1 is 1.31 bits per heavy atom. The van der Waals surface area contributed by atoms with E-state index in [-0.39, 0.29) is 17.7 Å². The van der Waals surface area contributed by atoms with Gasteiger partial charge in [-0.1, -0.05) is 29.8 Å². The first kappa shape index (κ1) is 24.0. The van der Waals surface area contributed by atoms with Gasteiger partial charge in [0.05, 0.1) is 30.0 Å². The molecule has 32 heavy (non-hydrogen) atoms. The van der Waals surface area contributed by atoms with E-state index >= 15 is 0 Å². The summed E-state index contributed by atoms with van der Waals surface area (Å²) in [7, 11) is 1.60. The second kappa shape index (κ2) is 10.3. The number of rotatable bonds is 8. The number of carboxylic acids is 1. The van der Waals surface area contributed by atoms with Gasteiger partial charge in [0, 0.05) is 18.1 Å². The van der Waals surface area contributed by atoms with Gasteiger partial charge < -0.3 is 14.4 Å². The van der Waals surface area contributed by atoms with Crippen molar-refractivity contribution in [2.45, 2.75) is 32.2 Å². The van der Waals surface area contributed by atoms with Gasteiger partial charge in [-0.2, -0.15) is 5.26 Å². The molecule has 0 bridgehead atoms. The molecule has 0 saturated heterocycles. The number of aromatic nitrogens is 2. The highest BCUT2D eigenvalue weighted by atomic mass is 79.9. The van der Waals surface area contributed by atoms with Crippen LogP contribution in [0.5, 0.6) is 0 Å². The Morgan fingerprint density at radius 2 is 2.00 bits per heavy atom. The number of methoxy groups -OCH3 is 1. The van der Waals surface area contributed by atoms with E-state index in [1.807, 2.05) is 48.7 Å². The molecule has 0 aliphatic heterocycles. The maximum Gasteiger partial charge on any atom is 0.356 e. The number of halogens is 2. The maximum absolute atomic E-state index is 12.2. The average molecular weight is 517 g/mol. The Balaban J connectivity index is 2.26. The zero-order chi connectivity index (χ0) is 23.4. The van der Waals surface area contributed by atoms with Gasteiger partial charge in [0.1, 0.15) is 0 Å². The average Bonchev–Trinajstić information content (AvgIpc) is 3.12. The van der Waals surface area contributed by atoms with Crippen LogP contribution >= 0.6 is 27.5 Å². The first-order chi connectivity index (χ1) is 15.3. The third-order valence-electron chi connectivity index (χ3n) is 5.46. The first-order valence-corrected chi connectivity index (χ1v) is 11.2. The standard InChI is InChI=1S/C24H23BrClN3O3/c1-14-4-9-19(26)10-18(14)11-20(17-7-5-16(12-27)6-8-17)22-21(23(30)31)28-24(25)29(22)15(2)13-32-3/h4-10,15,20H,11,13H2,1-3H3,(H,30,31)/t15-,20?/m1/s1. The van der Waals surface area contributed by atoms with E-state index in [9.17, 15) is 15.2 Å². The maximum atomic E-state index is 12.2. The van der Waals surface area contributed by atoms with Crippen molar-refractivity contribution in [1.82, 2.24) is 9.55 Å². The quantitative estimate of drug-likeness (QED) is 0.411. The SMILES string of the molecule is COC[C@@H](C)n1c(Br)nc(C(=O)O)c1C(Cc1cc(Cl)ccc1C)c1ccc(C#N)cc1. The van der Waals surface area contributed by atoms with Crippen molar-refractivity contribution in [2.75, 3.05) is 13.7 Å². The number of benzene rings is 2. The van der Waals surface area contributed by atoms with E-state index in [4.69, 9.17) is 16.3 Å². The predicted octanol–water partition coefficient (Wildman–Crippen LogP) is 5.76. The highest BCUT2D eigenvalue weighted by molar-refractivity contribution is 9.10. The Morgan fingerprint density at radius 3 is 2.59 bits per heavy atom. The molecule has 1 heterocycles. The van der Waals surface area contributed by atoms with Gasteiger partial charge in [-0.3, -0.25) is 0 Å². The highest BCUT2D eigenvalue weighted by Gasteiger charge is 2.31. The van der Waals surface area contributed by atoms with E-state index in [0.717, 1.165) is 16.7 Å². The number of hydrogen-bond donors (Lipinski definition) is 1. The van der Waals surface area contributed by atoms with E-state index in [1.165, 1.54) is 0 Å². The minimum Gasteiger partial charge on any atom is -0.476 e. The van der Waals surface area contributed by atoms with Crippen LogP contribution in [-0.2, 0) is 11.2 Å². The molecule has 2 atom stereocenters. The number of nitrogens with zero attached hydrogens (tertiary/aromatic N) is 3. The van der Waals surface area contributed by atoms with E-state index in [1.54, 1.807) is 19.2 Å². The fourth-order valence-electron chi connectivity index (χ4n) is 3.88. The van der Waals surface area contributed by atoms with Crippen LogP contribution in [0, 0.1) is 18.3 Å². The summed E-state index contributed by atoms with van der Waals surface area (Å²) in [5.41, 5.74) is 4.02. The monoisotopic (exact) mass is 515 g/mol. The molecule has 2 aromatic carbocycles. The summed E-state index contributed by atoms with van der Waals surface area (Å²) in [5.74, 6) is -1.45. The van der Waals surface area contributed by atoms with Crippen LogP contribution in [0.15, 0.2) is 47.2 Å². The van der Waals surface area contributed by atoms with Gasteiger partial charge in [-0.25, -0.2) is 9.78 Å². The number of aryl methyl sites for hydroxylation is 1. The largest absolute Gasteiger partial charge is 0.476 e. The summed E-state index contributed by atoms with van der Waals surface area (Å²) in [6, 6.07) is 14.9. The predicted molar refractivity (Wildman–Crippen MR) is 126 cm³/mol. The van der Waals surface area contributed by atoms with Crippen molar-refractivity contribution in [3.8, 4) is 6.07 Å². The smallest absolute Gasteiger partial charge is 0.356 e. The van der Waals surface area contributed by atoms with Crippen LogP contribution in [0.4, 0.5) is 0 Å². The summed E-state index contributed by atoms with van der Waals surface area (Å²) in [4.78, 5) is 16.5. The van der Waals surface area contributed by atoms with Crippen molar-refractivity contribution in [1.29, 1.82) is 5.26 Å². The van der Waals surface area contributed by atoms with Crippen LogP contribution in [0.1, 0.15) is 57.3 Å². The van der Waals surface area contributed by atoms with Crippen LogP contribution in [0.3, 0.4) is 0 Å². The molecular weight excluding hydrogens is 494 g/mol. The molecule has 0 aliphatic rings. The van der Waals surface area contributed by atoms with Gasteiger partial charge in [-0.05, 0) is 77.2 Å². The number of carboxylic acid groups (broad SMARTS) is 1. The van der Waals surface area contributed by atoms with Crippen LogP contribution in [0.2, 0.25) is 5.02 Å². The zero-order valence-corrected chi connectivity index (χ0v) is 20.3. The molecule has 3 aromatic rings. The molecule has 1 unspecified atom stereocenters. The van der Waals surface area contributed by atoms with Crippen LogP contribution in [0.25, 0.3) is 0 Å². The van der Waals surface area contributed by atoms with Crippen molar-refractivity contribution in [3.05, 3.63) is 85.9 Å². The Bertz CT molecular complexity index is 1170. The minimum absolute atomic E-state index is 0.0196. The summed E-state index contributed by atoms with van der Waals surface area (Å²) >= 11 is 9.72. The first-order valence-electron chi connectivity index (χ1n) is 10.0. The second-order valence-electron chi connectivity index (χ2n) is 7.66. The number of aromatic carboxylic acids is 1. The molecule has 0 amide bonds. The van der Waals surface area contributed by atoms with Crippen LogP contribution in [-0.4, -0.2) is 34.3 Å². The third kappa shape index (κ3) is 5.04. The summed E-state index contributed by atoms with van der Waals surface area (Å²) in [6.45, 7) is 4.34. The lowest BCUT2D eigenvalue weighted by Gasteiger charge is -2.25. The Hall–Kier alpha value is -2.66. The normalized spacial score (nSPS) is 12.9. The molecule has 0 fully saturated rings. The minimum atomic E-state index is -1.11. The van der Waals surface area contributed by atoms with Crippen molar-refractivity contribution < 1.29 is 14.6 Å². The Kier molecular flexibility index (Phi) is 7.73. The lowest BCUT2D eigenvalue weighted by Crippen LogP contribution is -2.20. The summed E-state index contributed by atoms with van der Waals surface area (Å²) in [6.07, 6.45) is 0.510. The number of imidazole rings is 1.